The lowest BCUT2D eigenvalue weighted by Gasteiger charge is -2.23. The van der Waals surface area contributed by atoms with Crippen molar-refractivity contribution in [2.75, 3.05) is 0 Å². The van der Waals surface area contributed by atoms with Crippen LogP contribution in [0.2, 0.25) is 0 Å². The lowest BCUT2D eigenvalue weighted by Crippen LogP contribution is -2.16. The molecule has 0 aliphatic heterocycles. The summed E-state index contributed by atoms with van der Waals surface area (Å²) in [5, 5.41) is 15.9. The molecular formula is C94H74N6. The average Bonchev–Trinajstić information content (AvgIpc) is 1.61. The predicted molar refractivity (Wildman–Crippen MR) is 426 cm³/mol. The smallest absolute Gasteiger partial charge is 0.0641 e. The zero-order chi connectivity index (χ0) is 67.4. The number of hydrogen-bond donors (Lipinski definition) is 0. The number of rotatable bonds is 2. The first-order valence-electron chi connectivity index (χ1n) is 35.0. The Kier molecular flexibility index (Phi) is 13.1. The Morgan fingerprint density at radius 1 is 0.210 bits per heavy atom. The molecule has 0 radical (unpaired) electrons. The highest BCUT2D eigenvalue weighted by Gasteiger charge is 2.39. The summed E-state index contributed by atoms with van der Waals surface area (Å²) in [5.41, 5.74) is 29.4. The van der Waals surface area contributed by atoms with Crippen LogP contribution in [0.25, 0.3) is 164 Å². The van der Waals surface area contributed by atoms with Crippen LogP contribution in [0.1, 0.15) is 49.9 Å². The van der Waals surface area contributed by atoms with E-state index in [1.807, 2.05) is 0 Å². The molecule has 2 aliphatic carbocycles. The van der Waals surface area contributed by atoms with Gasteiger partial charge in [-0.05, 0) is 118 Å². The lowest BCUT2D eigenvalue weighted by molar-refractivity contribution is 0.660. The lowest BCUT2D eigenvalue weighted by atomic mass is 9.81. The van der Waals surface area contributed by atoms with Gasteiger partial charge in [-0.2, -0.15) is 0 Å². The molecule has 0 saturated carbocycles. The summed E-state index contributed by atoms with van der Waals surface area (Å²) in [6.45, 7) is 9.39. The van der Waals surface area contributed by atoms with Crippen LogP contribution in [0.15, 0.2) is 303 Å². The van der Waals surface area contributed by atoms with Crippen LogP contribution in [0.5, 0.6) is 0 Å². The third kappa shape index (κ3) is 8.37. The van der Waals surface area contributed by atoms with Crippen LogP contribution in [-0.2, 0) is 39.0 Å². The van der Waals surface area contributed by atoms with Crippen molar-refractivity contribution >= 4 is 131 Å². The van der Waals surface area contributed by atoms with Crippen molar-refractivity contribution in [1.29, 1.82) is 0 Å². The van der Waals surface area contributed by atoms with Crippen molar-refractivity contribution in [2.24, 2.45) is 28.2 Å². The fraction of sp³-hybridized carbons (Fsp3) is 0.106. The average molecular weight is 1290 g/mol. The molecule has 0 saturated heterocycles. The van der Waals surface area contributed by atoms with Gasteiger partial charge in [0.1, 0.15) is 0 Å². The van der Waals surface area contributed by atoms with Gasteiger partial charge >= 0.3 is 0 Å². The van der Waals surface area contributed by atoms with Gasteiger partial charge in [0.15, 0.2) is 0 Å². The van der Waals surface area contributed by atoms with E-state index in [2.05, 4.69) is 387 Å². The van der Waals surface area contributed by atoms with Crippen molar-refractivity contribution in [2.45, 2.75) is 38.5 Å². The number of fused-ring (bicyclic) bond motifs is 28. The molecule has 0 N–H and O–H groups in total. The number of nitrogens with zero attached hydrogens (tertiary/aromatic N) is 6. The van der Waals surface area contributed by atoms with E-state index in [9.17, 15) is 0 Å². The Morgan fingerprint density at radius 2 is 0.580 bits per heavy atom. The molecule has 0 spiro atoms. The molecule has 6 aromatic heterocycles. The second kappa shape index (κ2) is 22.2. The van der Waals surface area contributed by atoms with Gasteiger partial charge in [-0.1, -0.05) is 252 Å². The fourth-order valence-electron chi connectivity index (χ4n) is 18.1. The van der Waals surface area contributed by atoms with E-state index in [1.54, 1.807) is 0 Å². The van der Waals surface area contributed by atoms with Crippen LogP contribution in [0.4, 0.5) is 0 Å². The Labute approximate surface area is 580 Å². The summed E-state index contributed by atoms with van der Waals surface area (Å²) in [5.74, 6) is 0. The standard InChI is InChI=1S/2C25H18N2.2C22H19N/c1-26-21-13-7-6-12-20(21)24-23(26)16-15-19-18-11-5-8-14-22(18)27(25(19)24)17-9-3-2-4-10-17;1-26-20-13-7-5-11-18(20)24-22(26)15-16-23-25(24)19-12-6-8-14-21(19)27(23)17-9-3-2-4-10-17;1-22(2)17-10-6-4-9-16(17)20-18(22)13-12-15-14-8-5-7-11-19(14)23(3)21(15)20;1-22(2)18-10-6-4-8-14(18)16-12-13-17-15-9-5-7-11-19(15)23(3)21(17)20(16)22/h2*2-16H,1H3;2*4-13H,1-3H3. The van der Waals surface area contributed by atoms with E-state index >= 15 is 0 Å². The molecule has 20 aromatic rings. The minimum absolute atomic E-state index is 0.0353. The Balaban J connectivity index is 0.0000000931. The van der Waals surface area contributed by atoms with Crippen LogP contribution in [0.3, 0.4) is 0 Å². The summed E-state index contributed by atoms with van der Waals surface area (Å²) in [6.07, 6.45) is 0. The van der Waals surface area contributed by atoms with E-state index in [4.69, 9.17) is 0 Å². The molecule has 6 nitrogen and oxygen atoms in total. The number of benzene rings is 14. The van der Waals surface area contributed by atoms with Crippen LogP contribution < -0.4 is 0 Å². The largest absolute Gasteiger partial charge is 0.344 e. The van der Waals surface area contributed by atoms with Crippen LogP contribution in [0, 0.1) is 0 Å². The molecule has 0 amide bonds. The highest BCUT2D eigenvalue weighted by molar-refractivity contribution is 6.29. The van der Waals surface area contributed by atoms with Gasteiger partial charge in [0, 0.05) is 148 Å². The van der Waals surface area contributed by atoms with Crippen molar-refractivity contribution in [3.63, 3.8) is 0 Å². The zero-order valence-electron chi connectivity index (χ0n) is 57.6. The first-order chi connectivity index (χ1) is 48.9. The molecule has 14 aromatic carbocycles. The van der Waals surface area contributed by atoms with E-state index in [-0.39, 0.29) is 10.8 Å². The molecule has 480 valence electrons. The number of aromatic nitrogens is 6. The van der Waals surface area contributed by atoms with E-state index in [0.717, 1.165) is 0 Å². The third-order valence-electron chi connectivity index (χ3n) is 22.6. The second-order valence-electron chi connectivity index (χ2n) is 28.5. The maximum atomic E-state index is 2.42. The highest BCUT2D eigenvalue weighted by Crippen LogP contribution is 2.54. The van der Waals surface area contributed by atoms with Crippen molar-refractivity contribution in [3.05, 3.63) is 326 Å². The minimum Gasteiger partial charge on any atom is -0.344 e. The first kappa shape index (κ1) is 59.2. The molecule has 0 unspecified atom stereocenters. The summed E-state index contributed by atoms with van der Waals surface area (Å²) in [7, 11) is 8.71. The molecule has 2 aliphatic rings. The van der Waals surface area contributed by atoms with Gasteiger partial charge in [0.25, 0.3) is 0 Å². The highest BCUT2D eigenvalue weighted by atomic mass is 15.0. The van der Waals surface area contributed by atoms with Gasteiger partial charge in [0.05, 0.1) is 38.6 Å². The van der Waals surface area contributed by atoms with Gasteiger partial charge in [-0.25, -0.2) is 0 Å². The molecule has 0 atom stereocenters. The van der Waals surface area contributed by atoms with Gasteiger partial charge < -0.3 is 27.4 Å². The summed E-state index contributed by atoms with van der Waals surface area (Å²) in [6, 6.07) is 110. The van der Waals surface area contributed by atoms with Crippen LogP contribution in [-0.4, -0.2) is 27.4 Å². The fourth-order valence-corrected chi connectivity index (χ4v) is 18.1. The molecular weight excluding hydrogens is 1210 g/mol. The van der Waals surface area contributed by atoms with Gasteiger partial charge in [0.2, 0.25) is 0 Å². The van der Waals surface area contributed by atoms with E-state index in [1.165, 1.54) is 187 Å². The summed E-state index contributed by atoms with van der Waals surface area (Å²) >= 11 is 0. The van der Waals surface area contributed by atoms with E-state index < -0.39 is 0 Å². The monoisotopic (exact) mass is 1290 g/mol. The molecule has 0 bridgehead atoms. The Hall–Kier alpha value is -12.1. The number of para-hydroxylation sites is 8. The quantitative estimate of drug-likeness (QED) is 0.165. The maximum Gasteiger partial charge on any atom is 0.0641 e. The summed E-state index contributed by atoms with van der Waals surface area (Å²) in [4.78, 5) is 0. The summed E-state index contributed by atoms with van der Waals surface area (Å²) < 4.78 is 14.1. The topological polar surface area (TPSA) is 29.6 Å². The van der Waals surface area contributed by atoms with E-state index in [0.29, 0.717) is 0 Å². The van der Waals surface area contributed by atoms with Gasteiger partial charge in [-0.3, -0.25) is 0 Å². The SMILES string of the molecule is Cn1c2ccccc2c2c1ccc1c3ccccc3n(-c3ccccc3)c12.Cn1c2ccccc2c2c3c4ccccc4n(-c4ccccc4)c3ccc21.Cn1c2ccccc2c2ccc3c(c21)-c1ccccc1C3(C)C.Cn1c2ccccc2c2ccc3c(c21)C(C)(C)c1ccccc1-3. The Morgan fingerprint density at radius 3 is 1.18 bits per heavy atom. The van der Waals surface area contributed by atoms with Crippen molar-refractivity contribution < 1.29 is 0 Å². The Bertz CT molecular complexity index is 6740. The minimum atomic E-state index is 0.0353. The second-order valence-corrected chi connectivity index (χ2v) is 28.5. The zero-order valence-corrected chi connectivity index (χ0v) is 57.6. The number of aryl methyl sites for hydroxylation is 4. The molecule has 6 heterocycles. The third-order valence-corrected chi connectivity index (χ3v) is 22.6. The van der Waals surface area contributed by atoms with Crippen molar-refractivity contribution in [3.8, 4) is 33.6 Å². The molecule has 22 rings (SSSR count). The van der Waals surface area contributed by atoms with Crippen molar-refractivity contribution in [1.82, 2.24) is 27.4 Å². The molecule has 6 heteroatoms. The van der Waals surface area contributed by atoms with Crippen LogP contribution >= 0.6 is 0 Å². The predicted octanol–water partition coefficient (Wildman–Crippen LogP) is 24.1. The van der Waals surface area contributed by atoms with Gasteiger partial charge in [-0.15, -0.1) is 0 Å². The number of hydrogen-bond acceptors (Lipinski definition) is 0. The molecule has 100 heavy (non-hydrogen) atoms. The first-order valence-corrected chi connectivity index (χ1v) is 35.0. The normalized spacial score (nSPS) is 13.4. The maximum absolute atomic E-state index is 2.42. The molecule has 0 fully saturated rings.